The topological polar surface area (TPSA) is 4.93 Å². The summed E-state index contributed by atoms with van der Waals surface area (Å²) in [4.78, 5) is 0. The van der Waals surface area contributed by atoms with Gasteiger partial charge in [-0.2, -0.15) is 0 Å². The van der Waals surface area contributed by atoms with E-state index in [2.05, 4.69) is 41.0 Å². The Hall–Kier alpha value is -6.44. The molecule has 0 radical (unpaired) electrons. The molecule has 1 heterocycles. The molecule has 236 valence electrons. The molecule has 0 spiro atoms. The van der Waals surface area contributed by atoms with Crippen molar-refractivity contribution in [1.29, 1.82) is 0 Å². The minimum atomic E-state index is -1.17. The Labute approximate surface area is 304 Å². The monoisotopic (exact) mass is 645 g/mol. The molecule has 0 aliphatic rings. The van der Waals surface area contributed by atoms with E-state index in [4.69, 9.17) is 5.48 Å². The first-order valence-corrected chi connectivity index (χ1v) is 16.7. The number of rotatable bonds is 7. The lowest BCUT2D eigenvalue weighted by Gasteiger charge is -2.20. The standard InChI is InChI=1S/C49H35N/c1-3-12-35(13-4-1)37-22-28-40(29-23-37)49(41-30-24-38(25-31-41)36-14-5-2-6-15-36)42-32-26-39(27-33-42)43-16-11-17-44(34-43)50-47-20-9-7-18-45(47)46-19-8-10-21-48(46)50/h1-34,49H/i22D,23D,24D,25D,28D,29D,30D,31D. The Balaban J connectivity index is 1.22. The normalized spacial score (nSPS) is 13.6. The highest BCUT2D eigenvalue weighted by molar-refractivity contribution is 6.09. The van der Waals surface area contributed by atoms with Crippen LogP contribution < -0.4 is 0 Å². The molecular formula is C49H35N. The van der Waals surface area contributed by atoms with Crippen LogP contribution in [0, 0.1) is 0 Å². The van der Waals surface area contributed by atoms with E-state index in [9.17, 15) is 5.48 Å². The fourth-order valence-electron chi connectivity index (χ4n) is 6.80. The molecule has 1 nitrogen and oxygen atoms in total. The van der Waals surface area contributed by atoms with Crippen LogP contribution in [-0.4, -0.2) is 4.57 Å². The summed E-state index contributed by atoms with van der Waals surface area (Å²) in [5.74, 6) is -1.17. The maximum absolute atomic E-state index is 9.35. The van der Waals surface area contributed by atoms with Gasteiger partial charge in [0.1, 0.15) is 0 Å². The van der Waals surface area contributed by atoms with Crippen molar-refractivity contribution in [3.05, 3.63) is 223 Å². The Morgan fingerprint density at radius 3 is 1.30 bits per heavy atom. The summed E-state index contributed by atoms with van der Waals surface area (Å²) in [6.45, 7) is 0. The maximum Gasteiger partial charge on any atom is 0.0629 e. The van der Waals surface area contributed by atoms with Crippen LogP contribution in [0.4, 0.5) is 0 Å². The van der Waals surface area contributed by atoms with E-state index in [1.54, 1.807) is 48.5 Å². The number of para-hydroxylation sites is 2. The highest BCUT2D eigenvalue weighted by atomic mass is 15.0. The molecule has 0 fully saturated rings. The predicted molar refractivity (Wildman–Crippen MR) is 211 cm³/mol. The molecule has 0 aliphatic heterocycles. The lowest BCUT2D eigenvalue weighted by molar-refractivity contribution is 0.978. The van der Waals surface area contributed by atoms with E-state index in [0.717, 1.165) is 38.6 Å². The summed E-state index contributed by atoms with van der Waals surface area (Å²) in [5.41, 5.74) is 6.81. The summed E-state index contributed by atoms with van der Waals surface area (Å²) in [7, 11) is 0. The lowest BCUT2D eigenvalue weighted by atomic mass is 9.83. The quantitative estimate of drug-likeness (QED) is 0.152. The zero-order valence-electron chi connectivity index (χ0n) is 35.0. The predicted octanol–water partition coefficient (Wildman–Crippen LogP) is 13.0. The van der Waals surface area contributed by atoms with Gasteiger partial charge in [-0.05, 0) is 74.3 Å². The number of nitrogens with zero attached hydrogens (tertiary/aromatic N) is 1. The molecule has 1 aromatic heterocycles. The average Bonchev–Trinajstić information content (AvgIpc) is 3.60. The second-order valence-electron chi connectivity index (χ2n) is 12.3. The van der Waals surface area contributed by atoms with Crippen molar-refractivity contribution in [2.75, 3.05) is 0 Å². The molecule has 0 bridgehead atoms. The number of hydrogen-bond acceptors (Lipinski definition) is 0. The van der Waals surface area contributed by atoms with Crippen molar-refractivity contribution in [3.63, 3.8) is 0 Å². The molecule has 50 heavy (non-hydrogen) atoms. The van der Waals surface area contributed by atoms with Crippen molar-refractivity contribution in [1.82, 2.24) is 4.57 Å². The third kappa shape index (κ3) is 5.49. The number of hydrogen-bond donors (Lipinski definition) is 0. The largest absolute Gasteiger partial charge is 0.309 e. The molecule has 0 saturated heterocycles. The molecule has 0 aliphatic carbocycles. The van der Waals surface area contributed by atoms with Crippen LogP contribution in [0.2, 0.25) is 0 Å². The summed E-state index contributed by atoms with van der Waals surface area (Å²) < 4.78 is 76.2. The maximum atomic E-state index is 9.35. The third-order valence-corrected chi connectivity index (χ3v) is 9.25. The summed E-state index contributed by atoms with van der Waals surface area (Å²) in [5, 5.41) is 2.33. The van der Waals surface area contributed by atoms with E-state index in [1.807, 2.05) is 72.8 Å². The van der Waals surface area contributed by atoms with Gasteiger partial charge in [-0.15, -0.1) is 0 Å². The molecule has 0 atom stereocenters. The fraction of sp³-hybridized carbons (Fsp3) is 0.0204. The van der Waals surface area contributed by atoms with Gasteiger partial charge in [0, 0.05) is 22.4 Å². The van der Waals surface area contributed by atoms with Crippen LogP contribution in [0.5, 0.6) is 0 Å². The van der Waals surface area contributed by atoms with Crippen molar-refractivity contribution in [2.45, 2.75) is 5.92 Å². The van der Waals surface area contributed by atoms with Gasteiger partial charge in [0.05, 0.1) is 22.0 Å². The first kappa shape index (κ1) is 22.2. The number of aromatic nitrogens is 1. The van der Waals surface area contributed by atoms with E-state index >= 15 is 0 Å². The van der Waals surface area contributed by atoms with Crippen molar-refractivity contribution < 1.29 is 11.0 Å². The zero-order chi connectivity index (χ0) is 40.2. The van der Waals surface area contributed by atoms with Crippen molar-refractivity contribution in [2.24, 2.45) is 0 Å². The molecule has 1 heteroatoms. The van der Waals surface area contributed by atoms with Gasteiger partial charge in [-0.1, -0.05) is 182 Å². The SMILES string of the molecule is [2H]c1c([2H])c(C(c2ccc(-c3cccc(-n4c5ccccc5c5ccccc54)c3)cc2)c2c([2H])c([2H])c(-c3ccccc3)c([2H])c2[2H])c([2H])c([2H])c1-c1ccccc1. The smallest absolute Gasteiger partial charge is 0.0629 e. The lowest BCUT2D eigenvalue weighted by Crippen LogP contribution is -2.03. The van der Waals surface area contributed by atoms with Gasteiger partial charge in [0.25, 0.3) is 0 Å². The van der Waals surface area contributed by atoms with Crippen molar-refractivity contribution in [3.8, 4) is 39.1 Å². The first-order valence-electron chi connectivity index (χ1n) is 20.7. The van der Waals surface area contributed by atoms with Gasteiger partial charge in [0.15, 0.2) is 0 Å². The molecular weight excluding hydrogens is 603 g/mol. The van der Waals surface area contributed by atoms with Gasteiger partial charge in [0.2, 0.25) is 0 Å². The minimum Gasteiger partial charge on any atom is -0.309 e. The van der Waals surface area contributed by atoms with Gasteiger partial charge in [-0.3, -0.25) is 0 Å². The van der Waals surface area contributed by atoms with E-state index < -0.39 is 5.92 Å². The Morgan fingerprint density at radius 1 is 0.340 bits per heavy atom. The third-order valence-electron chi connectivity index (χ3n) is 9.25. The molecule has 0 unspecified atom stereocenters. The molecule has 9 rings (SSSR count). The van der Waals surface area contributed by atoms with E-state index in [-0.39, 0.29) is 70.6 Å². The summed E-state index contributed by atoms with van der Waals surface area (Å²) in [6.07, 6.45) is 0. The summed E-state index contributed by atoms with van der Waals surface area (Å²) in [6, 6.07) is 47.8. The van der Waals surface area contributed by atoms with Crippen LogP contribution in [0.3, 0.4) is 0 Å². The second kappa shape index (κ2) is 12.9. The zero-order valence-corrected chi connectivity index (χ0v) is 27.0. The van der Waals surface area contributed by atoms with Gasteiger partial charge in [-0.25, -0.2) is 0 Å². The summed E-state index contributed by atoms with van der Waals surface area (Å²) >= 11 is 0. The van der Waals surface area contributed by atoms with E-state index in [1.165, 1.54) is 0 Å². The van der Waals surface area contributed by atoms with Crippen LogP contribution >= 0.6 is 0 Å². The van der Waals surface area contributed by atoms with Crippen LogP contribution in [-0.2, 0) is 0 Å². The van der Waals surface area contributed by atoms with Gasteiger partial charge >= 0.3 is 0 Å². The van der Waals surface area contributed by atoms with Crippen LogP contribution in [0.25, 0.3) is 60.9 Å². The highest BCUT2D eigenvalue weighted by Crippen LogP contribution is 2.37. The highest BCUT2D eigenvalue weighted by Gasteiger charge is 2.18. The Morgan fingerprint density at radius 2 is 0.780 bits per heavy atom. The Kier molecular flexibility index (Phi) is 5.73. The molecule has 0 N–H and O–H groups in total. The van der Waals surface area contributed by atoms with Gasteiger partial charge < -0.3 is 4.57 Å². The number of fused-ring (bicyclic) bond motifs is 3. The second-order valence-corrected chi connectivity index (χ2v) is 12.3. The van der Waals surface area contributed by atoms with Crippen molar-refractivity contribution >= 4 is 21.8 Å². The fourth-order valence-corrected chi connectivity index (χ4v) is 6.80. The van der Waals surface area contributed by atoms with Crippen LogP contribution in [0.15, 0.2) is 206 Å². The number of benzene rings is 8. The minimum absolute atomic E-state index is 0.0240. The molecule has 0 amide bonds. The average molecular weight is 646 g/mol. The molecule has 9 aromatic rings. The molecule has 8 aromatic carbocycles. The molecule has 0 saturated carbocycles. The Bertz CT molecular complexity index is 2810. The van der Waals surface area contributed by atoms with Crippen LogP contribution in [0.1, 0.15) is 33.6 Å². The van der Waals surface area contributed by atoms with E-state index in [0.29, 0.717) is 16.7 Å². The first-order chi connectivity index (χ1) is 28.2.